The van der Waals surface area contributed by atoms with Crippen molar-refractivity contribution in [2.45, 2.75) is 0 Å². The van der Waals surface area contributed by atoms with Crippen LogP contribution in [0.5, 0.6) is 5.88 Å². The van der Waals surface area contributed by atoms with Gasteiger partial charge in [-0.25, -0.2) is 19.9 Å². The van der Waals surface area contributed by atoms with E-state index in [1.165, 1.54) is 17.2 Å². The average molecular weight is 214 g/mol. The average Bonchev–Trinajstić information content (AvgIpc) is 2.75. The summed E-state index contributed by atoms with van der Waals surface area (Å²) in [6.45, 7) is 0. The normalized spacial score (nSPS) is 10.8. The van der Waals surface area contributed by atoms with Crippen LogP contribution >= 0.6 is 0 Å². The van der Waals surface area contributed by atoms with Crippen LogP contribution in [0.1, 0.15) is 0 Å². The van der Waals surface area contributed by atoms with Crippen molar-refractivity contribution in [3.8, 4) is 11.8 Å². The molecule has 0 spiro atoms. The van der Waals surface area contributed by atoms with Crippen molar-refractivity contribution in [3.05, 3.63) is 31.0 Å². The molecular formula is C9H6N6O. The molecule has 3 rings (SSSR count). The molecule has 7 heteroatoms. The highest BCUT2D eigenvalue weighted by molar-refractivity contribution is 5.80. The summed E-state index contributed by atoms with van der Waals surface area (Å²) in [7, 11) is 0. The van der Waals surface area contributed by atoms with Crippen molar-refractivity contribution in [2.75, 3.05) is 0 Å². The van der Waals surface area contributed by atoms with E-state index in [4.69, 9.17) is 0 Å². The maximum Gasteiger partial charge on any atom is 0.252 e. The van der Waals surface area contributed by atoms with Crippen molar-refractivity contribution in [3.63, 3.8) is 0 Å². The van der Waals surface area contributed by atoms with Gasteiger partial charge in [0, 0.05) is 12.4 Å². The van der Waals surface area contributed by atoms with Crippen LogP contribution in [-0.2, 0) is 0 Å². The second kappa shape index (κ2) is 3.23. The number of fused-ring (bicyclic) bond motifs is 1. The fourth-order valence-electron chi connectivity index (χ4n) is 1.38. The van der Waals surface area contributed by atoms with E-state index in [9.17, 15) is 5.11 Å². The number of hydrogen-bond acceptors (Lipinski definition) is 6. The Labute approximate surface area is 89.5 Å². The Bertz CT molecular complexity index is 635. The van der Waals surface area contributed by atoms with Crippen LogP contribution in [0.2, 0.25) is 0 Å². The zero-order chi connectivity index (χ0) is 11.0. The van der Waals surface area contributed by atoms with Crippen LogP contribution in [-0.4, -0.2) is 34.8 Å². The summed E-state index contributed by atoms with van der Waals surface area (Å²) in [5.74, 6) is 0.294. The third-order valence-electron chi connectivity index (χ3n) is 2.09. The molecule has 1 N–H and O–H groups in total. The number of aromatic hydroxyl groups is 1. The van der Waals surface area contributed by atoms with E-state index in [-0.39, 0.29) is 5.88 Å². The topological polar surface area (TPSA) is 89.6 Å². The van der Waals surface area contributed by atoms with Gasteiger partial charge in [-0.1, -0.05) is 0 Å². The van der Waals surface area contributed by atoms with E-state index >= 15 is 0 Å². The van der Waals surface area contributed by atoms with Crippen molar-refractivity contribution in [1.82, 2.24) is 29.7 Å². The van der Waals surface area contributed by atoms with Gasteiger partial charge < -0.3 is 5.11 Å². The molecule has 16 heavy (non-hydrogen) atoms. The van der Waals surface area contributed by atoms with Crippen LogP contribution < -0.4 is 0 Å². The molecular weight excluding hydrogens is 208 g/mol. The van der Waals surface area contributed by atoms with Crippen LogP contribution in [0.25, 0.3) is 17.0 Å². The van der Waals surface area contributed by atoms with Crippen molar-refractivity contribution in [2.24, 2.45) is 0 Å². The van der Waals surface area contributed by atoms with E-state index in [0.29, 0.717) is 17.0 Å². The maximum atomic E-state index is 9.49. The second-order valence-electron chi connectivity index (χ2n) is 3.04. The first kappa shape index (κ1) is 8.72. The number of rotatable bonds is 1. The SMILES string of the molecule is Oc1ncnc2c1cnn2-c1ncccn1. The Morgan fingerprint density at radius 2 is 1.88 bits per heavy atom. The summed E-state index contributed by atoms with van der Waals surface area (Å²) in [4.78, 5) is 15.8. The van der Waals surface area contributed by atoms with Gasteiger partial charge in [-0.3, -0.25) is 0 Å². The lowest BCUT2D eigenvalue weighted by Gasteiger charge is -1.98. The first-order valence-corrected chi connectivity index (χ1v) is 4.51. The van der Waals surface area contributed by atoms with Crippen molar-refractivity contribution >= 4 is 11.0 Å². The Balaban J connectivity index is 2.30. The molecule has 0 radical (unpaired) electrons. The van der Waals surface area contributed by atoms with Gasteiger partial charge in [0.25, 0.3) is 5.95 Å². The minimum Gasteiger partial charge on any atom is -0.493 e. The molecule has 3 aromatic rings. The lowest BCUT2D eigenvalue weighted by atomic mass is 10.4. The molecule has 0 saturated carbocycles. The summed E-state index contributed by atoms with van der Waals surface area (Å²) in [5.41, 5.74) is 0.471. The molecule has 78 valence electrons. The molecule has 0 amide bonds. The van der Waals surface area contributed by atoms with Crippen LogP contribution in [0.3, 0.4) is 0 Å². The number of aromatic nitrogens is 6. The molecule has 3 heterocycles. The van der Waals surface area contributed by atoms with Gasteiger partial charge in [0.15, 0.2) is 5.65 Å². The predicted molar refractivity (Wildman–Crippen MR) is 53.9 cm³/mol. The first-order chi connectivity index (χ1) is 7.86. The largest absolute Gasteiger partial charge is 0.493 e. The predicted octanol–water partition coefficient (Wildman–Crippen LogP) is 0.311. The monoisotopic (exact) mass is 214 g/mol. The van der Waals surface area contributed by atoms with Crippen molar-refractivity contribution < 1.29 is 5.11 Å². The van der Waals surface area contributed by atoms with E-state index in [0.717, 1.165) is 0 Å². The standard InChI is InChI=1S/C9H6N6O/c16-8-6-4-14-15(7(6)12-5-13-8)9-10-2-1-3-11-9/h1-5H,(H,12,13,16). The molecule has 0 unspecified atom stereocenters. The molecule has 0 fully saturated rings. The van der Waals surface area contributed by atoms with Gasteiger partial charge in [0.05, 0.1) is 6.20 Å². The summed E-state index contributed by atoms with van der Waals surface area (Å²) in [5, 5.41) is 14.0. The first-order valence-electron chi connectivity index (χ1n) is 4.51. The quantitative estimate of drug-likeness (QED) is 0.627. The molecule has 0 bridgehead atoms. The number of nitrogens with zero attached hydrogens (tertiary/aromatic N) is 6. The Morgan fingerprint density at radius 1 is 1.06 bits per heavy atom. The molecule has 0 aliphatic heterocycles. The van der Waals surface area contributed by atoms with Gasteiger partial charge in [-0.05, 0) is 6.07 Å². The van der Waals surface area contributed by atoms with Gasteiger partial charge in [0.1, 0.15) is 11.7 Å². The molecule has 0 aliphatic rings. The van der Waals surface area contributed by atoms with Crippen LogP contribution in [0.15, 0.2) is 31.0 Å². The van der Waals surface area contributed by atoms with E-state index < -0.39 is 0 Å². The Hall–Kier alpha value is -2.57. The van der Waals surface area contributed by atoms with Gasteiger partial charge >= 0.3 is 0 Å². The van der Waals surface area contributed by atoms with Gasteiger partial charge in [-0.15, -0.1) is 0 Å². The number of hydrogen-bond donors (Lipinski definition) is 1. The van der Waals surface area contributed by atoms with Gasteiger partial charge in [-0.2, -0.15) is 9.78 Å². The molecule has 0 aliphatic carbocycles. The highest BCUT2D eigenvalue weighted by atomic mass is 16.3. The minimum atomic E-state index is -0.104. The van der Waals surface area contributed by atoms with Crippen molar-refractivity contribution in [1.29, 1.82) is 0 Å². The summed E-state index contributed by atoms with van der Waals surface area (Å²) >= 11 is 0. The summed E-state index contributed by atoms with van der Waals surface area (Å²) < 4.78 is 1.44. The third kappa shape index (κ3) is 1.18. The fourth-order valence-corrected chi connectivity index (χ4v) is 1.38. The molecule has 7 nitrogen and oxygen atoms in total. The van der Waals surface area contributed by atoms with Gasteiger partial charge in [0.2, 0.25) is 5.88 Å². The highest BCUT2D eigenvalue weighted by Crippen LogP contribution is 2.19. The molecule has 3 aromatic heterocycles. The summed E-state index contributed by atoms with van der Waals surface area (Å²) in [6, 6.07) is 1.71. The maximum absolute atomic E-state index is 9.49. The lowest BCUT2D eigenvalue weighted by molar-refractivity contribution is 0.459. The lowest BCUT2D eigenvalue weighted by Crippen LogP contribution is -2.02. The fraction of sp³-hybridized carbons (Fsp3) is 0. The molecule has 0 atom stereocenters. The molecule has 0 aromatic carbocycles. The zero-order valence-corrected chi connectivity index (χ0v) is 8.02. The zero-order valence-electron chi connectivity index (χ0n) is 8.02. The smallest absolute Gasteiger partial charge is 0.252 e. The minimum absolute atomic E-state index is 0.104. The Morgan fingerprint density at radius 3 is 2.69 bits per heavy atom. The Kier molecular flexibility index (Phi) is 1.76. The van der Waals surface area contributed by atoms with E-state index in [1.807, 2.05) is 0 Å². The highest BCUT2D eigenvalue weighted by Gasteiger charge is 2.11. The molecule has 0 saturated heterocycles. The second-order valence-corrected chi connectivity index (χ2v) is 3.04. The van der Waals surface area contributed by atoms with Crippen LogP contribution in [0, 0.1) is 0 Å². The van der Waals surface area contributed by atoms with E-state index in [2.05, 4.69) is 25.0 Å². The summed E-state index contributed by atoms with van der Waals surface area (Å²) in [6.07, 6.45) is 5.95. The van der Waals surface area contributed by atoms with Crippen LogP contribution in [0.4, 0.5) is 0 Å². The van der Waals surface area contributed by atoms with E-state index in [1.54, 1.807) is 18.5 Å². The third-order valence-corrected chi connectivity index (χ3v) is 2.09.